The van der Waals surface area contributed by atoms with Gasteiger partial charge in [-0.1, -0.05) is 55.6 Å². The Labute approximate surface area is 298 Å². The summed E-state index contributed by atoms with van der Waals surface area (Å²) >= 11 is 12.8. The Hall–Kier alpha value is -2.46. The van der Waals surface area contributed by atoms with E-state index in [0.29, 0.717) is 17.4 Å². The van der Waals surface area contributed by atoms with Crippen molar-refractivity contribution in [2.24, 2.45) is 10.8 Å². The van der Waals surface area contributed by atoms with E-state index in [1.165, 1.54) is 64.5 Å². The fraction of sp³-hybridized carbons (Fsp3) is 0.444. The smallest absolute Gasteiger partial charge is 0.179 e. The molecule has 4 aliphatic carbocycles. The standard InChI is InChI=1S/C18H17BrN2O.C11H5BrClNO.C7H13N.ClH/c19-13-2-1-12-9-16(22)15(11-20)17(14(12)10-13)21-7-5-18(3-4-18)6-8-21;12-7-2-1-6-3-10(15)9(5-14)11(13)8(6)4-7;1-2-7(1)3-5-8-6-4-7;/h1-2,10H,3-9H2;1-2,4H,3H2;8H,1-6H2;1H. The van der Waals surface area contributed by atoms with Crippen molar-refractivity contribution in [1.29, 1.82) is 10.5 Å². The zero-order chi connectivity index (χ0) is 31.8. The molecule has 1 N–H and O–H groups in total. The Morgan fingerprint density at radius 1 is 0.717 bits per heavy atom. The number of fused-ring (bicyclic) bond motifs is 2. The van der Waals surface area contributed by atoms with Crippen LogP contribution in [0.25, 0.3) is 10.7 Å². The van der Waals surface area contributed by atoms with Crippen LogP contribution in [-0.2, 0) is 22.4 Å². The third-order valence-electron chi connectivity index (χ3n) is 10.3. The van der Waals surface area contributed by atoms with Crippen molar-refractivity contribution in [3.8, 4) is 12.1 Å². The molecule has 8 rings (SSSR count). The number of benzene rings is 2. The van der Waals surface area contributed by atoms with Gasteiger partial charge in [0.2, 0.25) is 0 Å². The molecular formula is C36H36Br2Cl2N4O2. The van der Waals surface area contributed by atoms with Crippen molar-refractivity contribution in [1.82, 2.24) is 10.2 Å². The van der Waals surface area contributed by atoms with Gasteiger partial charge in [0.05, 0.1) is 10.7 Å². The fourth-order valence-electron chi connectivity index (χ4n) is 6.95. The molecule has 6 nitrogen and oxygen atoms in total. The lowest BCUT2D eigenvalue weighted by atomic mass is 9.86. The number of hydrogen-bond donors (Lipinski definition) is 1. The molecule has 4 fully saturated rings. The highest BCUT2D eigenvalue weighted by atomic mass is 79.9. The SMILES string of the molecule is C1CC2(CCN1)CC2.Cl.N#CC1=C(Cl)c2cc(Br)ccc2CC1=O.N#CC1=C(N2CCC3(CC2)CC3)c2cc(Br)ccc2CC1=O. The van der Waals surface area contributed by atoms with Crippen LogP contribution in [0.2, 0.25) is 0 Å². The number of likely N-dealkylation sites (tertiary alicyclic amines) is 1. The molecule has 2 aromatic carbocycles. The molecule has 2 aliphatic heterocycles. The lowest BCUT2D eigenvalue weighted by Gasteiger charge is -2.37. The van der Waals surface area contributed by atoms with Crippen LogP contribution in [0.5, 0.6) is 0 Å². The van der Waals surface area contributed by atoms with E-state index >= 15 is 0 Å². The van der Waals surface area contributed by atoms with Gasteiger partial charge in [-0.05, 0) is 116 Å². The monoisotopic (exact) mass is 784 g/mol. The molecule has 240 valence electrons. The van der Waals surface area contributed by atoms with E-state index in [9.17, 15) is 14.9 Å². The third-order valence-corrected chi connectivity index (χ3v) is 11.7. The van der Waals surface area contributed by atoms with Crippen LogP contribution in [0, 0.1) is 33.5 Å². The van der Waals surface area contributed by atoms with Crippen LogP contribution in [0.15, 0.2) is 56.5 Å². The van der Waals surface area contributed by atoms with E-state index in [1.54, 1.807) is 0 Å². The minimum atomic E-state index is -0.211. The summed E-state index contributed by atoms with van der Waals surface area (Å²) in [6.45, 7) is 4.47. The van der Waals surface area contributed by atoms with Gasteiger partial charge in [0.15, 0.2) is 11.6 Å². The first-order chi connectivity index (χ1) is 21.7. The average molecular weight is 787 g/mol. The minimum absolute atomic E-state index is 0. The topological polar surface area (TPSA) is 97.0 Å². The third kappa shape index (κ3) is 7.48. The Balaban J connectivity index is 0.000000150. The van der Waals surface area contributed by atoms with E-state index < -0.39 is 0 Å². The Bertz CT molecular complexity index is 1700. The van der Waals surface area contributed by atoms with E-state index in [0.717, 1.165) is 55.4 Å². The predicted molar refractivity (Wildman–Crippen MR) is 190 cm³/mol. The summed E-state index contributed by atoms with van der Waals surface area (Å²) in [5, 5.41) is 21.9. The summed E-state index contributed by atoms with van der Waals surface area (Å²) in [5.74, 6) is -0.253. The molecule has 0 amide bonds. The second-order valence-corrected chi connectivity index (χ2v) is 15.4. The highest BCUT2D eigenvalue weighted by Gasteiger charge is 2.45. The number of allylic oxidation sites excluding steroid dienone is 2. The van der Waals surface area contributed by atoms with Crippen LogP contribution < -0.4 is 5.32 Å². The summed E-state index contributed by atoms with van der Waals surface area (Å²) in [7, 11) is 0. The molecule has 10 heteroatoms. The number of nitrogens with zero attached hydrogens (tertiary/aromatic N) is 3. The van der Waals surface area contributed by atoms with Gasteiger partial charge in [-0.25, -0.2) is 0 Å². The predicted octanol–water partition coefficient (Wildman–Crippen LogP) is 8.30. The van der Waals surface area contributed by atoms with Crippen molar-refractivity contribution in [3.63, 3.8) is 0 Å². The molecule has 2 saturated carbocycles. The quantitative estimate of drug-likeness (QED) is 0.313. The molecule has 6 aliphatic rings. The maximum absolute atomic E-state index is 12.3. The molecule has 0 unspecified atom stereocenters. The van der Waals surface area contributed by atoms with Gasteiger partial charge < -0.3 is 10.2 Å². The molecule has 0 radical (unpaired) electrons. The van der Waals surface area contributed by atoms with Crippen LogP contribution in [0.3, 0.4) is 0 Å². The largest absolute Gasteiger partial charge is 0.370 e. The van der Waals surface area contributed by atoms with Crippen LogP contribution in [-0.4, -0.2) is 42.6 Å². The van der Waals surface area contributed by atoms with Gasteiger partial charge in [0.1, 0.15) is 23.3 Å². The summed E-state index contributed by atoms with van der Waals surface area (Å²) in [5.41, 5.74) is 6.44. The molecule has 2 heterocycles. The number of carbonyl (C=O) groups excluding carboxylic acids is 2. The fourth-order valence-corrected chi connectivity index (χ4v) is 7.99. The van der Waals surface area contributed by atoms with Gasteiger partial charge in [-0.2, -0.15) is 10.5 Å². The zero-order valence-electron chi connectivity index (χ0n) is 25.6. The van der Waals surface area contributed by atoms with E-state index in [4.69, 9.17) is 16.9 Å². The molecule has 2 aromatic rings. The van der Waals surface area contributed by atoms with Gasteiger partial charge in [0, 0.05) is 40.4 Å². The van der Waals surface area contributed by atoms with Crippen molar-refractivity contribution >= 4 is 78.2 Å². The molecule has 0 atom stereocenters. The molecule has 0 aromatic heterocycles. The molecule has 0 bridgehead atoms. The zero-order valence-corrected chi connectivity index (χ0v) is 30.3. The summed E-state index contributed by atoms with van der Waals surface area (Å²) in [4.78, 5) is 26.1. The maximum Gasteiger partial charge on any atom is 0.179 e. The molecule has 2 saturated heterocycles. The average Bonchev–Trinajstić information content (AvgIpc) is 3.98. The summed E-state index contributed by atoms with van der Waals surface area (Å²) in [6, 6.07) is 15.6. The Kier molecular flexibility index (Phi) is 10.9. The number of halogens is 4. The minimum Gasteiger partial charge on any atom is -0.370 e. The summed E-state index contributed by atoms with van der Waals surface area (Å²) in [6.07, 6.45) is 11.6. The second kappa shape index (κ2) is 14.3. The van der Waals surface area contributed by atoms with E-state index in [1.807, 2.05) is 36.4 Å². The highest BCUT2D eigenvalue weighted by molar-refractivity contribution is 9.10. The highest BCUT2D eigenvalue weighted by Crippen LogP contribution is 2.54. The molecule has 46 heavy (non-hydrogen) atoms. The normalized spacial score (nSPS) is 21.4. The first-order valence-corrected chi connectivity index (χ1v) is 17.7. The second-order valence-electron chi connectivity index (χ2n) is 13.2. The Morgan fingerprint density at radius 2 is 1.20 bits per heavy atom. The van der Waals surface area contributed by atoms with Gasteiger partial charge in [0.25, 0.3) is 0 Å². The number of Topliss-reactive ketones (excluding diaryl/α,β-unsaturated/α-hetero) is 2. The number of carbonyl (C=O) groups is 2. The van der Waals surface area contributed by atoms with Crippen molar-refractivity contribution in [2.45, 2.75) is 64.2 Å². The van der Waals surface area contributed by atoms with E-state index in [2.05, 4.69) is 54.2 Å². The number of piperidine rings is 2. The van der Waals surface area contributed by atoms with Gasteiger partial charge in [-0.3, -0.25) is 9.59 Å². The van der Waals surface area contributed by atoms with Crippen LogP contribution in [0.4, 0.5) is 0 Å². The van der Waals surface area contributed by atoms with Crippen molar-refractivity contribution in [2.75, 3.05) is 26.2 Å². The first-order valence-electron chi connectivity index (χ1n) is 15.7. The number of rotatable bonds is 1. The van der Waals surface area contributed by atoms with Crippen molar-refractivity contribution in [3.05, 3.63) is 78.7 Å². The number of hydrogen-bond acceptors (Lipinski definition) is 6. The summed E-state index contributed by atoms with van der Waals surface area (Å²) < 4.78 is 1.87. The first kappa shape index (κ1) is 34.9. The molecule has 2 spiro atoms. The maximum atomic E-state index is 12.3. The molecular weight excluding hydrogens is 751 g/mol. The van der Waals surface area contributed by atoms with Crippen molar-refractivity contribution < 1.29 is 9.59 Å². The van der Waals surface area contributed by atoms with Crippen LogP contribution >= 0.6 is 55.9 Å². The number of nitrogens with one attached hydrogen (secondary N) is 1. The van der Waals surface area contributed by atoms with E-state index in [-0.39, 0.29) is 41.0 Å². The van der Waals surface area contributed by atoms with Gasteiger partial charge >= 0.3 is 0 Å². The lowest BCUT2D eigenvalue weighted by molar-refractivity contribution is -0.115. The number of nitriles is 2. The number of ketones is 2. The Morgan fingerprint density at radius 3 is 1.70 bits per heavy atom. The van der Waals surface area contributed by atoms with Crippen LogP contribution in [0.1, 0.15) is 73.6 Å². The lowest BCUT2D eigenvalue weighted by Crippen LogP contribution is -2.36. The van der Waals surface area contributed by atoms with Gasteiger partial charge in [-0.15, -0.1) is 12.4 Å².